The molecule has 0 amide bonds. The quantitative estimate of drug-likeness (QED) is 0.435. The Morgan fingerprint density at radius 1 is 0.833 bits per heavy atom. The number of rotatable bonds is 1. The molecule has 1 nitrogen and oxygen atoms in total. The molecular formula is C11H3ClF5N. The second kappa shape index (κ2) is 4.53. The molecule has 0 aliphatic heterocycles. The Hall–Kier alpha value is -1.69. The molecule has 0 aliphatic rings. The van der Waals surface area contributed by atoms with Crippen molar-refractivity contribution in [2.24, 2.45) is 0 Å². The van der Waals surface area contributed by atoms with Crippen molar-refractivity contribution >= 4 is 11.6 Å². The fraction of sp³-hybridized carbons (Fsp3) is 0. The van der Waals surface area contributed by atoms with Crippen molar-refractivity contribution in [1.29, 1.82) is 0 Å². The Morgan fingerprint density at radius 2 is 1.33 bits per heavy atom. The molecule has 0 unspecified atom stereocenters. The monoisotopic (exact) mass is 279 g/mol. The van der Waals surface area contributed by atoms with Crippen LogP contribution in [0.25, 0.3) is 11.3 Å². The van der Waals surface area contributed by atoms with E-state index in [2.05, 4.69) is 4.98 Å². The number of aromatic nitrogens is 1. The lowest BCUT2D eigenvalue weighted by Crippen LogP contribution is -2.05. The molecule has 7 heteroatoms. The summed E-state index contributed by atoms with van der Waals surface area (Å²) in [5.41, 5.74) is -1.65. The van der Waals surface area contributed by atoms with Gasteiger partial charge < -0.3 is 0 Å². The van der Waals surface area contributed by atoms with Gasteiger partial charge in [-0.2, -0.15) is 0 Å². The van der Waals surface area contributed by atoms with E-state index >= 15 is 0 Å². The smallest absolute Gasteiger partial charge is 0.200 e. The van der Waals surface area contributed by atoms with Crippen molar-refractivity contribution in [2.45, 2.75) is 0 Å². The van der Waals surface area contributed by atoms with Crippen LogP contribution in [0.3, 0.4) is 0 Å². The summed E-state index contributed by atoms with van der Waals surface area (Å²) < 4.78 is 65.7. The van der Waals surface area contributed by atoms with Gasteiger partial charge in [0.1, 0.15) is 0 Å². The van der Waals surface area contributed by atoms with Gasteiger partial charge in [0.15, 0.2) is 23.3 Å². The maximum atomic E-state index is 13.4. The lowest BCUT2D eigenvalue weighted by atomic mass is 10.1. The minimum absolute atomic E-state index is 0.222. The maximum Gasteiger partial charge on any atom is 0.200 e. The third-order valence-electron chi connectivity index (χ3n) is 2.21. The number of benzene rings is 1. The van der Waals surface area contributed by atoms with E-state index in [1.807, 2.05) is 0 Å². The highest BCUT2D eigenvalue weighted by Crippen LogP contribution is 2.33. The molecule has 0 N–H and O–H groups in total. The largest absolute Gasteiger partial charge is 0.254 e. The number of hydrogen-bond donors (Lipinski definition) is 0. The average Bonchev–Trinajstić information content (AvgIpc) is 2.36. The normalized spacial score (nSPS) is 10.8. The standard InChI is InChI=1S/C11H3ClF5N/c12-4-2-1-3-18-11(4)5-6(13)8(15)10(17)9(16)7(5)14/h1-3H. The van der Waals surface area contributed by atoms with Crippen LogP contribution >= 0.6 is 11.6 Å². The number of hydrogen-bond acceptors (Lipinski definition) is 1. The Bertz CT molecular complexity index is 600. The van der Waals surface area contributed by atoms with Crippen molar-refractivity contribution in [3.05, 3.63) is 52.4 Å². The fourth-order valence-electron chi connectivity index (χ4n) is 1.38. The number of halogens is 6. The summed E-state index contributed by atoms with van der Waals surface area (Å²) in [6, 6.07) is 2.58. The van der Waals surface area contributed by atoms with E-state index in [0.29, 0.717) is 0 Å². The lowest BCUT2D eigenvalue weighted by molar-refractivity contribution is 0.381. The van der Waals surface area contributed by atoms with Crippen LogP contribution in [0.2, 0.25) is 5.02 Å². The van der Waals surface area contributed by atoms with Gasteiger partial charge in [-0.1, -0.05) is 11.6 Å². The molecule has 0 spiro atoms. The van der Waals surface area contributed by atoms with Gasteiger partial charge in [0, 0.05) is 6.20 Å². The van der Waals surface area contributed by atoms with Crippen LogP contribution in [0.4, 0.5) is 22.0 Å². The van der Waals surface area contributed by atoms with Gasteiger partial charge in [-0.05, 0) is 12.1 Å². The first-order chi connectivity index (χ1) is 8.45. The SMILES string of the molecule is Fc1c(F)c(F)c(-c2ncccc2Cl)c(F)c1F. The third kappa shape index (κ3) is 1.82. The zero-order valence-electron chi connectivity index (χ0n) is 8.45. The molecule has 18 heavy (non-hydrogen) atoms. The lowest BCUT2D eigenvalue weighted by Gasteiger charge is -2.08. The molecule has 0 atom stereocenters. The topological polar surface area (TPSA) is 12.9 Å². The van der Waals surface area contributed by atoms with Crippen molar-refractivity contribution in [2.75, 3.05) is 0 Å². The molecule has 0 aliphatic carbocycles. The van der Waals surface area contributed by atoms with E-state index in [4.69, 9.17) is 11.6 Å². The van der Waals surface area contributed by atoms with Crippen LogP contribution in [-0.4, -0.2) is 4.98 Å². The summed E-state index contributed by atoms with van der Waals surface area (Å²) >= 11 is 5.61. The molecule has 0 bridgehead atoms. The highest BCUT2D eigenvalue weighted by Gasteiger charge is 2.28. The van der Waals surface area contributed by atoms with Crippen LogP contribution in [0, 0.1) is 29.1 Å². The van der Waals surface area contributed by atoms with Gasteiger partial charge in [-0.25, -0.2) is 22.0 Å². The summed E-state index contributed by atoms with van der Waals surface area (Å²) in [5.74, 6) is -10.2. The van der Waals surface area contributed by atoms with Gasteiger partial charge in [-0.3, -0.25) is 4.98 Å². The summed E-state index contributed by atoms with van der Waals surface area (Å²) in [7, 11) is 0. The minimum Gasteiger partial charge on any atom is -0.254 e. The predicted molar refractivity (Wildman–Crippen MR) is 54.5 cm³/mol. The molecule has 0 saturated carbocycles. The third-order valence-corrected chi connectivity index (χ3v) is 2.51. The van der Waals surface area contributed by atoms with Gasteiger partial charge >= 0.3 is 0 Å². The average molecular weight is 280 g/mol. The summed E-state index contributed by atoms with van der Waals surface area (Å²) in [5, 5.41) is -0.222. The van der Waals surface area contributed by atoms with E-state index in [9.17, 15) is 22.0 Å². The summed E-state index contributed by atoms with van der Waals surface area (Å²) in [4.78, 5) is 3.51. The van der Waals surface area contributed by atoms with Crippen molar-refractivity contribution in [3.63, 3.8) is 0 Å². The highest BCUT2D eigenvalue weighted by molar-refractivity contribution is 6.33. The zero-order chi connectivity index (χ0) is 13.4. The molecule has 94 valence electrons. The Balaban J connectivity index is 2.85. The van der Waals surface area contributed by atoms with Crippen molar-refractivity contribution in [1.82, 2.24) is 4.98 Å². The second-order valence-corrected chi connectivity index (χ2v) is 3.69. The Kier molecular flexibility index (Phi) is 3.21. The minimum atomic E-state index is -2.22. The zero-order valence-corrected chi connectivity index (χ0v) is 9.20. The number of nitrogens with zero attached hydrogens (tertiary/aromatic N) is 1. The first-order valence-corrected chi connectivity index (χ1v) is 4.95. The Morgan fingerprint density at radius 3 is 1.83 bits per heavy atom. The van der Waals surface area contributed by atoms with E-state index in [1.165, 1.54) is 12.1 Å². The Labute approximate surface area is 103 Å². The molecule has 2 rings (SSSR count). The van der Waals surface area contributed by atoms with Gasteiger partial charge in [-0.15, -0.1) is 0 Å². The van der Waals surface area contributed by atoms with E-state index < -0.39 is 40.3 Å². The van der Waals surface area contributed by atoms with Crippen LogP contribution in [0.1, 0.15) is 0 Å². The van der Waals surface area contributed by atoms with E-state index in [0.717, 1.165) is 6.20 Å². The maximum absolute atomic E-state index is 13.4. The van der Waals surface area contributed by atoms with Gasteiger partial charge in [0.2, 0.25) is 5.82 Å². The first kappa shape index (κ1) is 12.8. The molecule has 2 aromatic rings. The van der Waals surface area contributed by atoms with E-state index in [-0.39, 0.29) is 5.02 Å². The number of pyridine rings is 1. The molecule has 0 radical (unpaired) electrons. The second-order valence-electron chi connectivity index (χ2n) is 3.28. The summed E-state index contributed by atoms with van der Waals surface area (Å²) in [6.45, 7) is 0. The van der Waals surface area contributed by atoms with Crippen LogP contribution in [0.5, 0.6) is 0 Å². The molecule has 1 aromatic carbocycles. The van der Waals surface area contributed by atoms with E-state index in [1.54, 1.807) is 0 Å². The molecule has 1 aromatic heterocycles. The van der Waals surface area contributed by atoms with Crippen molar-refractivity contribution < 1.29 is 22.0 Å². The van der Waals surface area contributed by atoms with Crippen LogP contribution < -0.4 is 0 Å². The van der Waals surface area contributed by atoms with Crippen molar-refractivity contribution in [3.8, 4) is 11.3 Å². The summed E-state index contributed by atoms with van der Waals surface area (Å²) in [6.07, 6.45) is 1.12. The van der Waals surface area contributed by atoms with Crippen LogP contribution in [-0.2, 0) is 0 Å². The molecule has 0 fully saturated rings. The fourth-order valence-corrected chi connectivity index (χ4v) is 1.60. The molecular weight excluding hydrogens is 277 g/mol. The molecule has 0 saturated heterocycles. The molecule has 1 heterocycles. The van der Waals surface area contributed by atoms with Gasteiger partial charge in [0.25, 0.3) is 0 Å². The first-order valence-electron chi connectivity index (χ1n) is 4.57. The highest BCUT2D eigenvalue weighted by atomic mass is 35.5. The predicted octanol–water partition coefficient (Wildman–Crippen LogP) is 4.10. The van der Waals surface area contributed by atoms with Gasteiger partial charge in [0.05, 0.1) is 16.3 Å². The van der Waals surface area contributed by atoms with Crippen LogP contribution in [0.15, 0.2) is 18.3 Å².